The lowest BCUT2D eigenvalue weighted by atomic mass is 9.96. The topological polar surface area (TPSA) is 49.8 Å². The first-order valence-corrected chi connectivity index (χ1v) is 5.12. The van der Waals surface area contributed by atoms with Crippen molar-refractivity contribution in [3.63, 3.8) is 0 Å². The first-order valence-electron chi connectivity index (χ1n) is 5.12. The molecule has 2 aromatic rings. The molecule has 2 rings (SSSR count). The number of nitrogens with zero attached hydrogens (tertiary/aromatic N) is 1. The van der Waals surface area contributed by atoms with Crippen molar-refractivity contribution in [2.45, 2.75) is 6.04 Å². The minimum atomic E-state index is -0.239. The number of hydrogen-bond donors (Lipinski definition) is 1. The molecule has 2 aromatic carbocycles. The van der Waals surface area contributed by atoms with Gasteiger partial charge in [0.2, 0.25) is 0 Å². The largest absolute Gasteiger partial charge is 0.320 e. The maximum Gasteiger partial charge on any atom is 0.0995 e. The Hall–Kier alpha value is -2.11. The average Bonchev–Trinajstić information content (AvgIpc) is 2.39. The summed E-state index contributed by atoms with van der Waals surface area (Å²) in [6.45, 7) is 0. The van der Waals surface area contributed by atoms with Crippen LogP contribution in [0, 0.1) is 11.3 Å². The number of rotatable bonds is 2. The smallest absolute Gasteiger partial charge is 0.0995 e. The molecule has 1 atom stereocenters. The van der Waals surface area contributed by atoms with Crippen molar-refractivity contribution >= 4 is 0 Å². The van der Waals surface area contributed by atoms with Gasteiger partial charge < -0.3 is 5.73 Å². The van der Waals surface area contributed by atoms with Gasteiger partial charge >= 0.3 is 0 Å². The molecule has 0 fully saturated rings. The summed E-state index contributed by atoms with van der Waals surface area (Å²) in [5.41, 5.74) is 8.67. The molecule has 0 aromatic heterocycles. The van der Waals surface area contributed by atoms with Gasteiger partial charge in [-0.15, -0.1) is 0 Å². The minimum Gasteiger partial charge on any atom is -0.320 e. The summed E-state index contributed by atoms with van der Waals surface area (Å²) in [4.78, 5) is 0. The van der Waals surface area contributed by atoms with E-state index in [9.17, 15) is 0 Å². The highest BCUT2D eigenvalue weighted by atomic mass is 14.6. The molecule has 0 spiro atoms. The number of nitriles is 1. The van der Waals surface area contributed by atoms with Crippen molar-refractivity contribution in [1.29, 1.82) is 5.26 Å². The first kappa shape index (κ1) is 10.4. The SMILES string of the molecule is N#Cc1ccccc1C(N)c1ccccc1. The zero-order valence-corrected chi connectivity index (χ0v) is 8.80. The molecule has 2 nitrogen and oxygen atoms in total. The third-order valence-electron chi connectivity index (χ3n) is 2.57. The molecule has 0 bridgehead atoms. The minimum absolute atomic E-state index is 0.239. The van der Waals surface area contributed by atoms with Gasteiger partial charge in [-0.2, -0.15) is 5.26 Å². The lowest BCUT2D eigenvalue weighted by Gasteiger charge is -2.13. The van der Waals surface area contributed by atoms with Gasteiger partial charge in [0.25, 0.3) is 0 Å². The molecule has 2 heteroatoms. The fraction of sp³-hybridized carbons (Fsp3) is 0.0714. The van der Waals surface area contributed by atoms with Crippen molar-refractivity contribution in [2.75, 3.05) is 0 Å². The molecule has 0 aliphatic carbocycles. The Morgan fingerprint density at radius 1 is 0.938 bits per heavy atom. The molecule has 2 N–H and O–H groups in total. The van der Waals surface area contributed by atoms with E-state index in [1.54, 1.807) is 6.07 Å². The third kappa shape index (κ3) is 1.95. The van der Waals surface area contributed by atoms with Crippen LogP contribution in [0.15, 0.2) is 54.6 Å². The number of hydrogen-bond acceptors (Lipinski definition) is 2. The second kappa shape index (κ2) is 4.61. The average molecular weight is 208 g/mol. The van der Waals surface area contributed by atoms with Gasteiger partial charge in [0.05, 0.1) is 17.7 Å². The summed E-state index contributed by atoms with van der Waals surface area (Å²) in [6.07, 6.45) is 0. The van der Waals surface area contributed by atoms with E-state index in [0.29, 0.717) is 5.56 Å². The molecule has 16 heavy (non-hydrogen) atoms. The molecule has 0 heterocycles. The van der Waals surface area contributed by atoms with Gasteiger partial charge in [-0.3, -0.25) is 0 Å². The summed E-state index contributed by atoms with van der Waals surface area (Å²) < 4.78 is 0. The monoisotopic (exact) mass is 208 g/mol. The van der Waals surface area contributed by atoms with E-state index in [4.69, 9.17) is 11.0 Å². The zero-order chi connectivity index (χ0) is 11.4. The van der Waals surface area contributed by atoms with Crippen LogP contribution in [-0.4, -0.2) is 0 Å². The fourth-order valence-electron chi connectivity index (χ4n) is 1.71. The highest BCUT2D eigenvalue weighted by Gasteiger charge is 2.11. The van der Waals surface area contributed by atoms with Crippen LogP contribution in [0.5, 0.6) is 0 Å². The molecule has 1 unspecified atom stereocenters. The fourth-order valence-corrected chi connectivity index (χ4v) is 1.71. The number of benzene rings is 2. The van der Waals surface area contributed by atoms with Gasteiger partial charge in [-0.1, -0.05) is 48.5 Å². The van der Waals surface area contributed by atoms with E-state index >= 15 is 0 Å². The Kier molecular flexibility index (Phi) is 3.00. The molecular weight excluding hydrogens is 196 g/mol. The highest BCUT2D eigenvalue weighted by molar-refractivity contribution is 5.43. The molecule has 0 amide bonds. The Morgan fingerprint density at radius 2 is 1.56 bits per heavy atom. The van der Waals surface area contributed by atoms with Crippen LogP contribution in [0.3, 0.4) is 0 Å². The van der Waals surface area contributed by atoms with Gasteiger partial charge in [0.1, 0.15) is 0 Å². The maximum atomic E-state index is 9.01. The van der Waals surface area contributed by atoms with Gasteiger partial charge in [-0.25, -0.2) is 0 Å². The lowest BCUT2D eigenvalue weighted by molar-refractivity contribution is 0.867. The molecule has 0 radical (unpaired) electrons. The van der Waals surface area contributed by atoms with Crippen LogP contribution in [0.4, 0.5) is 0 Å². The third-order valence-corrected chi connectivity index (χ3v) is 2.57. The van der Waals surface area contributed by atoms with Crippen molar-refractivity contribution in [3.8, 4) is 6.07 Å². The second-order valence-electron chi connectivity index (χ2n) is 3.59. The van der Waals surface area contributed by atoms with Crippen molar-refractivity contribution in [1.82, 2.24) is 0 Å². The quantitative estimate of drug-likeness (QED) is 0.824. The van der Waals surface area contributed by atoms with Crippen LogP contribution in [0.1, 0.15) is 22.7 Å². The Bertz CT molecular complexity index is 512. The summed E-state index contributed by atoms with van der Waals surface area (Å²) in [7, 11) is 0. The summed E-state index contributed by atoms with van der Waals surface area (Å²) >= 11 is 0. The van der Waals surface area contributed by atoms with Crippen molar-refractivity contribution < 1.29 is 0 Å². The Morgan fingerprint density at radius 3 is 2.25 bits per heavy atom. The summed E-state index contributed by atoms with van der Waals surface area (Å²) in [5, 5.41) is 9.01. The van der Waals surface area contributed by atoms with Crippen LogP contribution in [-0.2, 0) is 0 Å². The van der Waals surface area contributed by atoms with Crippen LogP contribution in [0.2, 0.25) is 0 Å². The summed E-state index contributed by atoms with van der Waals surface area (Å²) in [5.74, 6) is 0. The van der Waals surface area contributed by atoms with Gasteiger partial charge in [0.15, 0.2) is 0 Å². The van der Waals surface area contributed by atoms with E-state index in [2.05, 4.69) is 6.07 Å². The molecule has 0 aliphatic rings. The zero-order valence-electron chi connectivity index (χ0n) is 8.80. The maximum absolute atomic E-state index is 9.01. The van der Waals surface area contributed by atoms with Gasteiger partial charge in [0, 0.05) is 0 Å². The molecule has 0 aliphatic heterocycles. The predicted octanol–water partition coefficient (Wildman–Crippen LogP) is 2.61. The van der Waals surface area contributed by atoms with E-state index in [1.165, 1.54) is 0 Å². The standard InChI is InChI=1S/C14H12N2/c15-10-12-8-4-5-9-13(12)14(16)11-6-2-1-3-7-11/h1-9,14H,16H2. The Balaban J connectivity index is 2.42. The van der Waals surface area contributed by atoms with Gasteiger partial charge in [-0.05, 0) is 17.2 Å². The van der Waals surface area contributed by atoms with E-state index < -0.39 is 0 Å². The Labute approximate surface area is 95.0 Å². The second-order valence-corrected chi connectivity index (χ2v) is 3.59. The number of nitrogens with two attached hydrogens (primary N) is 1. The lowest BCUT2D eigenvalue weighted by Crippen LogP contribution is -2.13. The molecule has 0 saturated heterocycles. The highest BCUT2D eigenvalue weighted by Crippen LogP contribution is 2.21. The van der Waals surface area contributed by atoms with Crippen molar-refractivity contribution in [2.24, 2.45) is 5.73 Å². The van der Waals surface area contributed by atoms with Crippen LogP contribution >= 0.6 is 0 Å². The van der Waals surface area contributed by atoms with E-state index in [0.717, 1.165) is 11.1 Å². The predicted molar refractivity (Wildman–Crippen MR) is 63.6 cm³/mol. The molecule has 78 valence electrons. The summed E-state index contributed by atoms with van der Waals surface area (Å²) in [6, 6.07) is 19.2. The van der Waals surface area contributed by atoms with Crippen molar-refractivity contribution in [3.05, 3.63) is 71.3 Å². The molecular formula is C14H12N2. The van der Waals surface area contributed by atoms with E-state index in [1.807, 2.05) is 48.5 Å². The first-order chi connectivity index (χ1) is 7.83. The normalized spacial score (nSPS) is 11.8. The molecule has 0 saturated carbocycles. The van der Waals surface area contributed by atoms with Crippen LogP contribution in [0.25, 0.3) is 0 Å². The van der Waals surface area contributed by atoms with Crippen LogP contribution < -0.4 is 5.73 Å². The van der Waals surface area contributed by atoms with E-state index in [-0.39, 0.29) is 6.04 Å².